The number of Topliss-reactive ketones (excluding diaryl/α,β-unsaturated/α-hetero) is 1. The van der Waals surface area contributed by atoms with Gasteiger partial charge < -0.3 is 17.2 Å². The number of azo groups is 2. The number of nitrogens with two attached hydrogens (primary N) is 3. The van der Waals surface area contributed by atoms with Gasteiger partial charge in [-0.15, -0.1) is 10.2 Å². The Bertz CT molecular complexity index is 3320. The molecule has 0 bridgehead atoms. The Morgan fingerprint density at radius 3 is 1.65 bits per heavy atom. The molecule has 22 nitrogen and oxygen atoms in total. The highest BCUT2D eigenvalue weighted by atomic mass is 32.2. The third-order valence-electron chi connectivity index (χ3n) is 8.50. The summed E-state index contributed by atoms with van der Waals surface area (Å²) >= 11 is 0. The minimum Gasteiger partial charge on any atom is -0.399 e. The molecule has 0 fully saturated rings. The van der Waals surface area contributed by atoms with Gasteiger partial charge in [0, 0.05) is 5.69 Å². The SMILES string of the molecule is Nc1ccc(N=Nc2ccc(C=Cc3ccc(N=Nc4c(S(=O)(=O)O)cc5c(c4N)C(=O)C(=NNc4ccccc4)C(S(=O)(=O)O)=C5)cc3S(=O)(=O)O)c(S(=O)(=O)O)c2)c(N)c1. The molecule has 0 saturated carbocycles. The van der Waals surface area contributed by atoms with Crippen molar-refractivity contribution in [2.45, 2.75) is 14.7 Å². The molecule has 26 heteroatoms. The van der Waals surface area contributed by atoms with Gasteiger partial charge in [0.05, 0.1) is 34.0 Å². The predicted molar refractivity (Wildman–Crippen MR) is 227 cm³/mol. The summed E-state index contributed by atoms with van der Waals surface area (Å²) in [6.45, 7) is 0. The zero-order chi connectivity index (χ0) is 45.4. The van der Waals surface area contributed by atoms with Gasteiger partial charge in [-0.25, -0.2) is 0 Å². The van der Waals surface area contributed by atoms with Crippen LogP contribution in [0.15, 0.2) is 136 Å². The van der Waals surface area contributed by atoms with Crippen LogP contribution in [0.3, 0.4) is 0 Å². The summed E-state index contributed by atoms with van der Waals surface area (Å²) in [6, 6.07) is 19.4. The molecule has 0 atom stereocenters. The first-order valence-electron chi connectivity index (χ1n) is 16.9. The van der Waals surface area contributed by atoms with Gasteiger partial charge in [-0.3, -0.25) is 28.4 Å². The van der Waals surface area contributed by atoms with E-state index in [0.717, 1.165) is 36.4 Å². The van der Waals surface area contributed by atoms with Gasteiger partial charge in [0.25, 0.3) is 40.5 Å². The first-order valence-corrected chi connectivity index (χ1v) is 22.6. The Balaban J connectivity index is 1.38. The number of hydrogen-bond donors (Lipinski definition) is 8. The lowest BCUT2D eigenvalue weighted by molar-refractivity contribution is 0.106. The number of benzene rings is 5. The maximum Gasteiger partial charge on any atom is 0.296 e. The first kappa shape index (κ1) is 44.5. The van der Waals surface area contributed by atoms with Crippen molar-refractivity contribution < 1.29 is 56.7 Å². The molecule has 0 radical (unpaired) electrons. The van der Waals surface area contributed by atoms with Crippen LogP contribution >= 0.6 is 0 Å². The second kappa shape index (κ2) is 16.8. The Kier molecular flexibility index (Phi) is 12.0. The summed E-state index contributed by atoms with van der Waals surface area (Å²) < 4.78 is 139. The zero-order valence-electron chi connectivity index (χ0n) is 31.0. The average molecular weight is 924 g/mol. The number of rotatable bonds is 12. The van der Waals surface area contributed by atoms with Gasteiger partial charge in [0.2, 0.25) is 5.78 Å². The molecule has 0 heterocycles. The van der Waals surface area contributed by atoms with E-state index in [4.69, 9.17) is 17.2 Å². The highest BCUT2D eigenvalue weighted by Crippen LogP contribution is 2.41. The normalized spacial score (nSPS) is 14.5. The van der Waals surface area contributed by atoms with E-state index < -0.39 is 99.7 Å². The number of hydrazone groups is 1. The predicted octanol–water partition coefficient (Wildman–Crippen LogP) is 6.07. The van der Waals surface area contributed by atoms with Crippen molar-refractivity contribution in [1.82, 2.24) is 0 Å². The van der Waals surface area contributed by atoms with Crippen LogP contribution in [0.25, 0.3) is 18.2 Å². The quantitative estimate of drug-likeness (QED) is 0.0231. The van der Waals surface area contributed by atoms with Gasteiger partial charge >= 0.3 is 0 Å². The van der Waals surface area contributed by atoms with Crippen LogP contribution in [0.1, 0.15) is 27.0 Å². The van der Waals surface area contributed by atoms with E-state index in [1.165, 1.54) is 42.5 Å². The molecule has 62 heavy (non-hydrogen) atoms. The fourth-order valence-electron chi connectivity index (χ4n) is 5.69. The highest BCUT2D eigenvalue weighted by molar-refractivity contribution is 7.91. The number of anilines is 4. The number of carbonyl (C=O) groups is 1. The third-order valence-corrected chi connectivity index (χ3v) is 12.1. The molecule has 0 saturated heterocycles. The van der Waals surface area contributed by atoms with Crippen molar-refractivity contribution in [3.8, 4) is 0 Å². The Morgan fingerprint density at radius 1 is 0.581 bits per heavy atom. The van der Waals surface area contributed by atoms with E-state index in [2.05, 4.69) is 31.0 Å². The molecule has 1 aliphatic rings. The molecule has 5 aromatic rings. The van der Waals surface area contributed by atoms with E-state index in [0.29, 0.717) is 23.5 Å². The smallest absolute Gasteiger partial charge is 0.296 e. The molecule has 1 aliphatic carbocycles. The number of hydrogen-bond acceptors (Lipinski definition) is 18. The monoisotopic (exact) mass is 923 g/mol. The number of ketones is 1. The maximum absolute atomic E-state index is 13.7. The molecule has 0 spiro atoms. The Morgan fingerprint density at radius 2 is 1.13 bits per heavy atom. The molecule has 6 rings (SSSR count). The molecule has 0 unspecified atom stereocenters. The summed E-state index contributed by atoms with van der Waals surface area (Å²) in [5, 5.41) is 19.3. The van der Waals surface area contributed by atoms with Gasteiger partial charge in [-0.2, -0.15) is 49.0 Å². The molecule has 0 amide bonds. The van der Waals surface area contributed by atoms with Crippen molar-refractivity contribution in [2.24, 2.45) is 25.6 Å². The Hall–Kier alpha value is -7.04. The lowest BCUT2D eigenvalue weighted by Crippen LogP contribution is -2.28. The lowest BCUT2D eigenvalue weighted by Gasteiger charge is -2.20. The molecule has 0 aromatic heterocycles. The first-order chi connectivity index (χ1) is 28.9. The number of allylic oxidation sites excluding steroid dienone is 1. The molecule has 11 N–H and O–H groups in total. The maximum atomic E-state index is 13.7. The van der Waals surface area contributed by atoms with Crippen LogP contribution in [-0.2, 0) is 40.5 Å². The lowest BCUT2D eigenvalue weighted by atomic mass is 9.92. The number of fused-ring (bicyclic) bond motifs is 1. The third kappa shape index (κ3) is 9.94. The minimum atomic E-state index is -5.29. The molecule has 5 aromatic carbocycles. The summed E-state index contributed by atoms with van der Waals surface area (Å²) in [5.41, 5.74) is 16.9. The number of para-hydroxylation sites is 1. The fraction of sp³-hybridized carbons (Fsp3) is 0. The number of nitrogens with one attached hydrogen (secondary N) is 1. The molecular formula is C36H29N9O13S4. The van der Waals surface area contributed by atoms with Crippen LogP contribution in [0.5, 0.6) is 0 Å². The second-order valence-electron chi connectivity index (χ2n) is 12.8. The molecule has 0 aliphatic heterocycles. The second-order valence-corrected chi connectivity index (χ2v) is 18.3. The number of carbonyl (C=O) groups excluding carboxylic acids is 1. The van der Waals surface area contributed by atoms with Crippen molar-refractivity contribution in [1.29, 1.82) is 0 Å². The average Bonchev–Trinajstić information content (AvgIpc) is 3.18. The van der Waals surface area contributed by atoms with Gasteiger partial charge in [-0.05, 0) is 83.4 Å². The van der Waals surface area contributed by atoms with Crippen molar-refractivity contribution >= 4 is 116 Å². The highest BCUT2D eigenvalue weighted by Gasteiger charge is 2.37. The number of nitrogen functional groups attached to an aromatic ring is 3. The van der Waals surface area contributed by atoms with Gasteiger partial charge in [-0.1, -0.05) is 42.5 Å². The largest absolute Gasteiger partial charge is 0.399 e. The summed E-state index contributed by atoms with van der Waals surface area (Å²) in [4.78, 5) is 10.1. The van der Waals surface area contributed by atoms with E-state index in [1.807, 2.05) is 0 Å². The zero-order valence-corrected chi connectivity index (χ0v) is 34.2. The summed E-state index contributed by atoms with van der Waals surface area (Å²) in [5.74, 6) is -1.24. The summed E-state index contributed by atoms with van der Waals surface area (Å²) in [6.07, 6.45) is 2.84. The van der Waals surface area contributed by atoms with Crippen LogP contribution < -0.4 is 22.6 Å². The standard InChI is InChI=1S/C36H29N9O13S4/c37-22-10-13-27(26(38)16-22)43-41-24-11-8-19(28(17-24)59(47,48)49)6-7-20-9-12-25(18-29(20)60(50,51)52)42-44-34-30(61(53,54)55)14-21-15-31(62(56,57)58)35(36(46)32(21)33(34)39)45-40-23-4-2-1-3-5-23/h1-18,40H,37-39H2,(H,47,48,49)(H,50,51,52)(H,53,54,55)(H,56,57,58). The van der Waals surface area contributed by atoms with Crippen molar-refractivity contribution in [3.63, 3.8) is 0 Å². The van der Waals surface area contributed by atoms with Crippen molar-refractivity contribution in [2.75, 3.05) is 22.6 Å². The van der Waals surface area contributed by atoms with Crippen LogP contribution in [0.2, 0.25) is 0 Å². The summed E-state index contributed by atoms with van der Waals surface area (Å²) in [7, 11) is -20.5. The van der Waals surface area contributed by atoms with Gasteiger partial charge in [0.1, 0.15) is 31.0 Å². The van der Waals surface area contributed by atoms with Crippen LogP contribution in [0.4, 0.5) is 45.5 Å². The Labute approximate surface area is 351 Å². The van der Waals surface area contributed by atoms with E-state index >= 15 is 0 Å². The minimum absolute atomic E-state index is 0.0339. The van der Waals surface area contributed by atoms with Gasteiger partial charge in [0.15, 0.2) is 5.71 Å². The molecule has 320 valence electrons. The topological polar surface area (TPSA) is 386 Å². The fourth-order valence-corrected chi connectivity index (χ4v) is 8.42. The van der Waals surface area contributed by atoms with E-state index in [-0.39, 0.29) is 28.2 Å². The van der Waals surface area contributed by atoms with Crippen LogP contribution in [0, 0.1) is 0 Å². The molecular weight excluding hydrogens is 895 g/mol. The van der Waals surface area contributed by atoms with Crippen LogP contribution in [-0.4, -0.2) is 63.4 Å². The van der Waals surface area contributed by atoms with E-state index in [9.17, 15) is 56.7 Å². The van der Waals surface area contributed by atoms with Crippen molar-refractivity contribution in [3.05, 3.63) is 118 Å². The number of nitrogens with zero attached hydrogens (tertiary/aromatic N) is 5. The van der Waals surface area contributed by atoms with E-state index in [1.54, 1.807) is 18.2 Å².